The van der Waals surface area contributed by atoms with Gasteiger partial charge in [0, 0.05) is 31.3 Å². The molecule has 0 unspecified atom stereocenters. The van der Waals surface area contributed by atoms with E-state index in [9.17, 15) is 13.9 Å². The molecule has 5 rings (SSSR count). The first-order chi connectivity index (χ1) is 15.9. The van der Waals surface area contributed by atoms with Gasteiger partial charge in [-0.2, -0.15) is 9.37 Å². The Labute approximate surface area is 189 Å². The predicted molar refractivity (Wildman–Crippen MR) is 118 cm³/mol. The minimum Gasteiger partial charge on any atom is -0.507 e. The first kappa shape index (κ1) is 21.4. The average molecular weight is 454 g/mol. The summed E-state index contributed by atoms with van der Waals surface area (Å²) in [6, 6.07) is 7.61. The van der Waals surface area contributed by atoms with E-state index in [1.54, 1.807) is 23.1 Å². The highest BCUT2D eigenvalue weighted by atomic mass is 19.1. The van der Waals surface area contributed by atoms with Gasteiger partial charge in [0.15, 0.2) is 11.6 Å². The largest absolute Gasteiger partial charge is 0.507 e. The van der Waals surface area contributed by atoms with Gasteiger partial charge in [0.05, 0.1) is 24.9 Å². The lowest BCUT2D eigenvalue weighted by atomic mass is 9.96. The van der Waals surface area contributed by atoms with Crippen LogP contribution >= 0.6 is 0 Å². The number of phenolic OH excluding ortho intramolecular Hbond substituents is 1. The maximum Gasteiger partial charge on any atom is 0.216 e. The summed E-state index contributed by atoms with van der Waals surface area (Å²) in [5.74, 6) is 0.0842. The molecule has 2 bridgehead atoms. The highest BCUT2D eigenvalue weighted by molar-refractivity contribution is 5.73. The van der Waals surface area contributed by atoms with Crippen LogP contribution in [0.5, 0.6) is 11.6 Å². The van der Waals surface area contributed by atoms with Crippen LogP contribution in [0.1, 0.15) is 19.3 Å². The van der Waals surface area contributed by atoms with Gasteiger partial charge in [0.25, 0.3) is 0 Å². The van der Waals surface area contributed by atoms with E-state index < -0.39 is 12.1 Å². The average Bonchev–Trinajstić information content (AvgIpc) is 3.24. The van der Waals surface area contributed by atoms with E-state index in [0.29, 0.717) is 35.0 Å². The first-order valence-electron chi connectivity index (χ1n) is 10.8. The van der Waals surface area contributed by atoms with E-state index in [1.807, 2.05) is 7.05 Å². The number of piperidine rings is 1. The smallest absolute Gasteiger partial charge is 0.216 e. The summed E-state index contributed by atoms with van der Waals surface area (Å²) in [6.07, 6.45) is 3.11. The molecule has 2 N–H and O–H groups in total. The lowest BCUT2D eigenvalue weighted by Gasteiger charge is -2.38. The third-order valence-corrected chi connectivity index (χ3v) is 6.51. The zero-order chi connectivity index (χ0) is 23.1. The summed E-state index contributed by atoms with van der Waals surface area (Å²) in [6.45, 7) is 0. The Hall–Kier alpha value is -3.40. The second-order valence-corrected chi connectivity index (χ2v) is 8.50. The molecular weight excluding hydrogens is 430 g/mol. The highest BCUT2D eigenvalue weighted by Gasteiger charge is 2.43. The van der Waals surface area contributed by atoms with E-state index in [2.05, 4.69) is 25.5 Å². The van der Waals surface area contributed by atoms with E-state index in [0.717, 1.165) is 12.8 Å². The number of benzene rings is 1. The van der Waals surface area contributed by atoms with Gasteiger partial charge >= 0.3 is 0 Å². The molecule has 4 atom stereocenters. The van der Waals surface area contributed by atoms with E-state index in [-0.39, 0.29) is 29.5 Å². The van der Waals surface area contributed by atoms with E-state index >= 15 is 0 Å². The number of hydrogen-bond acceptors (Lipinski definition) is 8. The lowest BCUT2D eigenvalue weighted by Crippen LogP contribution is -2.55. The molecular formula is C23H24F2N6O2. The van der Waals surface area contributed by atoms with Gasteiger partial charge in [-0.3, -0.25) is 0 Å². The fourth-order valence-corrected chi connectivity index (χ4v) is 4.72. The predicted octanol–water partition coefficient (Wildman–Crippen LogP) is 3.12. The Morgan fingerprint density at radius 3 is 2.73 bits per heavy atom. The van der Waals surface area contributed by atoms with Gasteiger partial charge in [-0.25, -0.2) is 9.37 Å². The number of alkyl halides is 1. The number of aromatic nitrogens is 4. The van der Waals surface area contributed by atoms with Gasteiger partial charge in [0.1, 0.15) is 11.9 Å². The van der Waals surface area contributed by atoms with Crippen LogP contribution in [-0.4, -0.2) is 63.7 Å². The Morgan fingerprint density at radius 2 is 2.00 bits per heavy atom. The van der Waals surface area contributed by atoms with Gasteiger partial charge in [0.2, 0.25) is 11.8 Å². The molecule has 0 spiro atoms. The monoisotopic (exact) mass is 454 g/mol. The van der Waals surface area contributed by atoms with Crippen molar-refractivity contribution in [3.05, 3.63) is 42.5 Å². The van der Waals surface area contributed by atoms with Crippen molar-refractivity contribution in [2.45, 2.75) is 43.6 Å². The maximum absolute atomic E-state index is 14.9. The molecule has 0 radical (unpaired) electrons. The number of hydrogen-bond donors (Lipinski definition) is 2. The molecule has 1 aromatic carbocycles. The van der Waals surface area contributed by atoms with Gasteiger partial charge in [-0.1, -0.05) is 6.07 Å². The van der Waals surface area contributed by atoms with Gasteiger partial charge < -0.3 is 20.1 Å². The van der Waals surface area contributed by atoms with Crippen LogP contribution in [0.4, 0.5) is 14.6 Å². The van der Waals surface area contributed by atoms with E-state index in [4.69, 9.17) is 4.74 Å². The number of anilines is 1. The zero-order valence-corrected chi connectivity index (χ0v) is 18.2. The summed E-state index contributed by atoms with van der Waals surface area (Å²) in [5.41, 5.74) is 1.47. The number of nitrogens with zero attached hydrogens (tertiary/aromatic N) is 5. The fourth-order valence-electron chi connectivity index (χ4n) is 4.72. The number of aromatic hydroxyl groups is 1. The van der Waals surface area contributed by atoms with Crippen molar-refractivity contribution in [1.29, 1.82) is 0 Å². The first-order valence-corrected chi connectivity index (χ1v) is 10.8. The van der Waals surface area contributed by atoms with Gasteiger partial charge in [-0.05, 0) is 42.5 Å². The van der Waals surface area contributed by atoms with Crippen molar-refractivity contribution in [1.82, 2.24) is 25.5 Å². The zero-order valence-electron chi connectivity index (χ0n) is 18.2. The summed E-state index contributed by atoms with van der Waals surface area (Å²) >= 11 is 0. The van der Waals surface area contributed by atoms with Gasteiger partial charge in [-0.15, -0.1) is 10.2 Å². The third-order valence-electron chi connectivity index (χ3n) is 6.51. The topological polar surface area (TPSA) is 96.3 Å². The lowest BCUT2D eigenvalue weighted by molar-refractivity contribution is 0.176. The minimum absolute atomic E-state index is 0.0784. The Bertz CT molecular complexity index is 1160. The number of rotatable bonds is 5. The van der Waals surface area contributed by atoms with Crippen LogP contribution in [0.15, 0.2) is 36.5 Å². The number of pyridine rings is 1. The van der Waals surface area contributed by atoms with Crippen LogP contribution in [0.3, 0.4) is 0 Å². The second-order valence-electron chi connectivity index (χ2n) is 8.50. The van der Waals surface area contributed by atoms with Crippen molar-refractivity contribution in [2.24, 2.45) is 0 Å². The molecule has 0 saturated carbocycles. The molecule has 8 nitrogen and oxygen atoms in total. The maximum atomic E-state index is 14.9. The number of phenols is 1. The number of ether oxygens (including phenoxy) is 1. The molecule has 2 fully saturated rings. The molecule has 172 valence electrons. The number of nitrogens with one attached hydrogen (secondary N) is 1. The van der Waals surface area contributed by atoms with Crippen LogP contribution in [0, 0.1) is 5.95 Å². The van der Waals surface area contributed by atoms with Crippen molar-refractivity contribution in [2.75, 3.05) is 19.1 Å². The minimum atomic E-state index is -0.983. The number of methoxy groups -OCH3 is 1. The van der Waals surface area contributed by atoms with Crippen molar-refractivity contribution < 1.29 is 18.6 Å². The molecule has 10 heteroatoms. The standard InChI is InChI=1S/C23H24F2N6O2/c1-31(17-10-14-4-6-16(27-14)22(17)25)20-11-26-23(30-29-20)15-5-3-12(7-18(15)32)13-8-19(24)28-21(9-13)33-2/h3,5,7-9,11,14,16-17,22,27,32H,4,6,10H2,1-2H3/t14-,16+,17+,22-/m0/s1. The Kier molecular flexibility index (Phi) is 5.53. The molecule has 2 aliphatic rings. The SMILES string of the molecule is COc1cc(-c2ccc(-c3ncc(N(C)[C@@H]4C[C@@H]5CC[C@@H](N5)[C@@H]4F)nn3)c(O)c2)cc(F)n1. The van der Waals surface area contributed by atoms with Crippen LogP contribution in [0.2, 0.25) is 0 Å². The van der Waals surface area contributed by atoms with Crippen molar-refractivity contribution in [3.63, 3.8) is 0 Å². The third kappa shape index (κ3) is 4.06. The molecule has 0 aliphatic carbocycles. The molecule has 2 saturated heterocycles. The molecule has 2 aliphatic heterocycles. The molecule has 3 aromatic rings. The summed E-state index contributed by atoms with van der Waals surface area (Å²) in [7, 11) is 3.21. The quantitative estimate of drug-likeness (QED) is 0.568. The normalized spacial score (nSPS) is 24.0. The van der Waals surface area contributed by atoms with Crippen molar-refractivity contribution >= 4 is 5.82 Å². The van der Waals surface area contributed by atoms with E-state index in [1.165, 1.54) is 25.4 Å². The summed E-state index contributed by atoms with van der Waals surface area (Å²) < 4.78 is 33.6. The number of fused-ring (bicyclic) bond motifs is 2. The molecule has 4 heterocycles. The summed E-state index contributed by atoms with van der Waals surface area (Å²) in [5, 5.41) is 22.3. The molecule has 0 amide bonds. The van der Waals surface area contributed by atoms with Crippen LogP contribution in [-0.2, 0) is 0 Å². The molecule has 2 aromatic heterocycles. The van der Waals surface area contributed by atoms with Crippen LogP contribution in [0.25, 0.3) is 22.5 Å². The van der Waals surface area contributed by atoms with Crippen molar-refractivity contribution in [3.8, 4) is 34.1 Å². The Balaban J connectivity index is 1.36. The molecule has 33 heavy (non-hydrogen) atoms. The second kappa shape index (κ2) is 8.51. The van der Waals surface area contributed by atoms with Crippen LogP contribution < -0.4 is 15.0 Å². The fraction of sp³-hybridized carbons (Fsp3) is 0.391. The Morgan fingerprint density at radius 1 is 1.15 bits per heavy atom. The number of halogens is 2. The highest BCUT2D eigenvalue weighted by Crippen LogP contribution is 2.35. The summed E-state index contributed by atoms with van der Waals surface area (Å²) in [4.78, 5) is 9.77.